The minimum atomic E-state index is -0.614. The largest absolute Gasteiger partial charge is 0.497 e. The van der Waals surface area contributed by atoms with E-state index >= 15 is 0 Å². The van der Waals surface area contributed by atoms with E-state index in [1.54, 1.807) is 18.9 Å². The Morgan fingerprint density at radius 1 is 1.07 bits per heavy atom. The first-order valence-electron chi connectivity index (χ1n) is 9.53. The van der Waals surface area contributed by atoms with E-state index in [0.717, 1.165) is 21.3 Å². The van der Waals surface area contributed by atoms with Gasteiger partial charge in [0, 0.05) is 16.7 Å². The first-order chi connectivity index (χ1) is 13.9. The highest BCUT2D eigenvalue weighted by Crippen LogP contribution is 2.17. The molecule has 0 aromatic heterocycles. The Labute approximate surface area is 185 Å². The molecule has 7 heteroatoms. The van der Waals surface area contributed by atoms with Crippen LogP contribution in [0.2, 0.25) is 0 Å². The molecule has 0 fully saturated rings. The lowest BCUT2D eigenvalue weighted by Crippen LogP contribution is -2.49. The first-order valence-corrected chi connectivity index (χ1v) is 10.6. The Bertz CT molecular complexity index is 793. The van der Waals surface area contributed by atoms with Gasteiger partial charge in [0.2, 0.25) is 5.91 Å². The van der Waals surface area contributed by atoms with Crippen LogP contribution < -0.4 is 14.8 Å². The molecular weight excluding hydrogens is 483 g/mol. The molecule has 0 bridgehead atoms. The number of benzene rings is 2. The maximum absolute atomic E-state index is 12.9. The van der Waals surface area contributed by atoms with Crippen molar-refractivity contribution in [1.82, 2.24) is 10.2 Å². The molecule has 0 saturated carbocycles. The van der Waals surface area contributed by atoms with Crippen LogP contribution in [0.4, 0.5) is 0 Å². The normalized spacial score (nSPS) is 11.4. The number of nitrogens with one attached hydrogen (secondary N) is 1. The zero-order valence-corrected chi connectivity index (χ0v) is 19.1. The average Bonchev–Trinajstić information content (AvgIpc) is 2.75. The highest BCUT2D eigenvalue weighted by atomic mass is 127. The van der Waals surface area contributed by atoms with Crippen molar-refractivity contribution in [3.63, 3.8) is 0 Å². The fraction of sp³-hybridized carbons (Fsp3) is 0.364. The Morgan fingerprint density at radius 3 is 2.28 bits per heavy atom. The Hall–Kier alpha value is -2.29. The van der Waals surface area contributed by atoms with Crippen molar-refractivity contribution >= 4 is 34.4 Å². The molecule has 2 amide bonds. The highest BCUT2D eigenvalue weighted by Gasteiger charge is 2.26. The van der Waals surface area contributed by atoms with E-state index in [0.29, 0.717) is 18.8 Å². The van der Waals surface area contributed by atoms with Gasteiger partial charge in [0.15, 0.2) is 6.61 Å². The topological polar surface area (TPSA) is 67.9 Å². The summed E-state index contributed by atoms with van der Waals surface area (Å²) < 4.78 is 11.9. The molecule has 0 aliphatic rings. The summed E-state index contributed by atoms with van der Waals surface area (Å²) in [6, 6.07) is 14.3. The Morgan fingerprint density at radius 2 is 1.69 bits per heavy atom. The molecule has 6 nitrogen and oxygen atoms in total. The van der Waals surface area contributed by atoms with E-state index in [2.05, 4.69) is 27.9 Å². The number of carbonyl (C=O) groups is 2. The molecule has 0 aliphatic heterocycles. The summed E-state index contributed by atoms with van der Waals surface area (Å²) in [7, 11) is 1.60. The molecule has 29 heavy (non-hydrogen) atoms. The summed E-state index contributed by atoms with van der Waals surface area (Å²) in [5.74, 6) is 0.926. The van der Waals surface area contributed by atoms with Gasteiger partial charge in [-0.05, 0) is 77.9 Å². The third-order valence-corrected chi connectivity index (χ3v) is 5.12. The lowest BCUT2D eigenvalue weighted by Gasteiger charge is -2.28. The van der Waals surface area contributed by atoms with Crippen molar-refractivity contribution in [2.24, 2.45) is 0 Å². The lowest BCUT2D eigenvalue weighted by molar-refractivity contribution is -0.142. The molecule has 2 rings (SSSR count). The first kappa shape index (κ1) is 23.0. The summed E-state index contributed by atoms with van der Waals surface area (Å²) in [4.78, 5) is 27.0. The molecule has 0 unspecified atom stereocenters. The van der Waals surface area contributed by atoms with E-state index in [9.17, 15) is 9.59 Å². The second kappa shape index (κ2) is 11.6. The van der Waals surface area contributed by atoms with E-state index in [1.165, 1.54) is 0 Å². The standard InChI is InChI=1S/C22H27IN2O4/c1-4-13-24-22(27)16(2)25(14-17-5-9-19(28-3)10-6-17)21(26)15-29-20-11-7-18(23)8-12-20/h5-12,16H,4,13-15H2,1-3H3,(H,24,27)/t16-/m1/s1. The Kier molecular flexibility index (Phi) is 9.24. The van der Waals surface area contributed by atoms with E-state index in [-0.39, 0.29) is 18.4 Å². The maximum atomic E-state index is 12.9. The van der Waals surface area contributed by atoms with Gasteiger partial charge in [-0.3, -0.25) is 9.59 Å². The van der Waals surface area contributed by atoms with Crippen molar-refractivity contribution in [3.8, 4) is 11.5 Å². The summed E-state index contributed by atoms with van der Waals surface area (Å²) in [5.41, 5.74) is 0.906. The summed E-state index contributed by atoms with van der Waals surface area (Å²) in [5, 5.41) is 2.86. The lowest BCUT2D eigenvalue weighted by atomic mass is 10.1. The van der Waals surface area contributed by atoms with Crippen molar-refractivity contribution < 1.29 is 19.1 Å². The molecule has 0 radical (unpaired) electrons. The minimum absolute atomic E-state index is 0.137. The van der Waals surface area contributed by atoms with Gasteiger partial charge in [0.1, 0.15) is 17.5 Å². The highest BCUT2D eigenvalue weighted by molar-refractivity contribution is 14.1. The number of hydrogen-bond acceptors (Lipinski definition) is 4. The van der Waals surface area contributed by atoms with Gasteiger partial charge in [0.25, 0.3) is 5.91 Å². The molecule has 0 heterocycles. The van der Waals surface area contributed by atoms with Gasteiger partial charge >= 0.3 is 0 Å². The van der Waals surface area contributed by atoms with E-state index < -0.39 is 6.04 Å². The summed E-state index contributed by atoms with van der Waals surface area (Å²) in [6.07, 6.45) is 0.834. The van der Waals surface area contributed by atoms with Gasteiger partial charge < -0.3 is 19.7 Å². The number of nitrogens with zero attached hydrogens (tertiary/aromatic N) is 1. The number of ether oxygens (including phenoxy) is 2. The predicted octanol–water partition coefficient (Wildman–Crippen LogP) is 3.62. The van der Waals surface area contributed by atoms with E-state index in [4.69, 9.17) is 9.47 Å². The second-order valence-corrected chi connectivity index (χ2v) is 7.82. The molecule has 2 aromatic rings. The van der Waals surface area contributed by atoms with Crippen LogP contribution in [-0.4, -0.2) is 43.0 Å². The van der Waals surface area contributed by atoms with Crippen LogP contribution in [-0.2, 0) is 16.1 Å². The molecule has 1 atom stereocenters. The number of hydrogen-bond donors (Lipinski definition) is 1. The SMILES string of the molecule is CCCNC(=O)[C@@H](C)N(Cc1ccc(OC)cc1)C(=O)COc1ccc(I)cc1. The number of carbonyl (C=O) groups excluding carboxylic acids is 2. The molecule has 156 valence electrons. The third-order valence-electron chi connectivity index (χ3n) is 4.40. The minimum Gasteiger partial charge on any atom is -0.497 e. The molecule has 1 N–H and O–H groups in total. The van der Waals surface area contributed by atoms with Gasteiger partial charge in [-0.15, -0.1) is 0 Å². The van der Waals surface area contributed by atoms with Crippen LogP contribution in [0.25, 0.3) is 0 Å². The summed E-state index contributed by atoms with van der Waals surface area (Å²) in [6.45, 7) is 4.46. The van der Waals surface area contributed by atoms with Crippen molar-refractivity contribution in [3.05, 3.63) is 57.7 Å². The van der Waals surface area contributed by atoms with Gasteiger partial charge in [-0.1, -0.05) is 19.1 Å². The molecular formula is C22H27IN2O4. The van der Waals surface area contributed by atoms with Crippen LogP contribution >= 0.6 is 22.6 Å². The second-order valence-electron chi connectivity index (χ2n) is 6.58. The van der Waals surface area contributed by atoms with Crippen LogP contribution in [0.5, 0.6) is 11.5 Å². The maximum Gasteiger partial charge on any atom is 0.261 e. The summed E-state index contributed by atoms with van der Waals surface area (Å²) >= 11 is 2.21. The van der Waals surface area contributed by atoms with Crippen molar-refractivity contribution in [1.29, 1.82) is 0 Å². The van der Waals surface area contributed by atoms with Gasteiger partial charge in [-0.2, -0.15) is 0 Å². The molecule has 0 spiro atoms. The fourth-order valence-corrected chi connectivity index (χ4v) is 3.02. The monoisotopic (exact) mass is 510 g/mol. The number of methoxy groups -OCH3 is 1. The zero-order chi connectivity index (χ0) is 21.2. The Balaban J connectivity index is 2.11. The molecule has 0 saturated heterocycles. The fourth-order valence-electron chi connectivity index (χ4n) is 2.66. The molecule has 0 aliphatic carbocycles. The van der Waals surface area contributed by atoms with Crippen LogP contribution in [0.15, 0.2) is 48.5 Å². The number of amides is 2. The average molecular weight is 510 g/mol. The van der Waals surface area contributed by atoms with Crippen molar-refractivity contribution in [2.75, 3.05) is 20.3 Å². The van der Waals surface area contributed by atoms with Gasteiger partial charge in [-0.25, -0.2) is 0 Å². The quantitative estimate of drug-likeness (QED) is 0.496. The number of rotatable bonds is 10. The van der Waals surface area contributed by atoms with Crippen LogP contribution in [0, 0.1) is 3.57 Å². The zero-order valence-electron chi connectivity index (χ0n) is 17.0. The smallest absolute Gasteiger partial charge is 0.261 e. The van der Waals surface area contributed by atoms with E-state index in [1.807, 2.05) is 55.5 Å². The predicted molar refractivity (Wildman–Crippen MR) is 121 cm³/mol. The van der Waals surface area contributed by atoms with Crippen LogP contribution in [0.3, 0.4) is 0 Å². The van der Waals surface area contributed by atoms with Crippen molar-refractivity contribution in [2.45, 2.75) is 32.9 Å². The van der Waals surface area contributed by atoms with Gasteiger partial charge in [0.05, 0.1) is 7.11 Å². The molecule has 2 aromatic carbocycles. The number of halogens is 1. The third kappa shape index (κ3) is 7.23. The van der Waals surface area contributed by atoms with Crippen LogP contribution in [0.1, 0.15) is 25.8 Å².